The maximum atomic E-state index is 13.3. The normalized spacial score (nSPS) is 17.9. The SMILES string of the molecule is CCN(CC)CCCN1C(=O)C(=O)C(=C(O)c2c(C)nc3ccccn23)[C@H]1c1ccc(Br)cc1. The monoisotopic (exact) mass is 524 g/mol. The lowest BCUT2D eigenvalue weighted by Crippen LogP contribution is -2.33. The van der Waals surface area contributed by atoms with Crippen molar-refractivity contribution in [2.24, 2.45) is 0 Å². The number of imidazole rings is 1. The third-order valence-corrected chi connectivity index (χ3v) is 6.95. The Hall–Kier alpha value is -2.97. The van der Waals surface area contributed by atoms with Crippen molar-refractivity contribution in [2.45, 2.75) is 33.2 Å². The third kappa shape index (κ3) is 4.40. The molecular weight excluding hydrogens is 496 g/mol. The second kappa shape index (κ2) is 10.1. The van der Waals surface area contributed by atoms with Gasteiger partial charge in [-0.25, -0.2) is 4.98 Å². The number of hydrogen-bond acceptors (Lipinski definition) is 5. The van der Waals surface area contributed by atoms with Gasteiger partial charge in [0.05, 0.1) is 17.3 Å². The molecule has 1 aliphatic heterocycles. The van der Waals surface area contributed by atoms with Crippen molar-refractivity contribution in [3.05, 3.63) is 75.7 Å². The number of fused-ring (bicyclic) bond motifs is 1. The third-order valence-electron chi connectivity index (χ3n) is 6.42. The molecular formula is C26H29BrN4O3. The van der Waals surface area contributed by atoms with E-state index in [9.17, 15) is 14.7 Å². The number of aliphatic hydroxyl groups excluding tert-OH is 1. The fourth-order valence-electron chi connectivity index (χ4n) is 4.63. The lowest BCUT2D eigenvalue weighted by atomic mass is 9.96. The Morgan fingerprint density at radius 3 is 2.50 bits per heavy atom. The van der Waals surface area contributed by atoms with E-state index < -0.39 is 17.7 Å². The van der Waals surface area contributed by atoms with E-state index in [1.807, 2.05) is 42.5 Å². The topological polar surface area (TPSA) is 78.2 Å². The number of hydrogen-bond donors (Lipinski definition) is 1. The number of nitrogens with zero attached hydrogens (tertiary/aromatic N) is 4. The van der Waals surface area contributed by atoms with Crippen LogP contribution in [0.2, 0.25) is 0 Å². The number of carbonyl (C=O) groups is 2. The number of pyridine rings is 1. The van der Waals surface area contributed by atoms with Gasteiger partial charge < -0.3 is 14.9 Å². The number of amides is 1. The van der Waals surface area contributed by atoms with Crippen LogP contribution in [0.4, 0.5) is 0 Å². The molecule has 3 aromatic rings. The second-order valence-electron chi connectivity index (χ2n) is 8.40. The number of Topliss-reactive ketones (excluding diaryl/α,β-unsaturated/α-hetero) is 1. The highest BCUT2D eigenvalue weighted by Crippen LogP contribution is 2.40. The molecule has 0 aliphatic carbocycles. The lowest BCUT2D eigenvalue weighted by molar-refractivity contribution is -0.140. The highest BCUT2D eigenvalue weighted by atomic mass is 79.9. The van der Waals surface area contributed by atoms with Gasteiger partial charge in [0.15, 0.2) is 5.76 Å². The molecule has 34 heavy (non-hydrogen) atoms. The van der Waals surface area contributed by atoms with Crippen molar-refractivity contribution < 1.29 is 14.7 Å². The Kier molecular flexibility index (Phi) is 7.19. The summed E-state index contributed by atoms with van der Waals surface area (Å²) in [5, 5.41) is 11.5. The molecule has 0 saturated carbocycles. The van der Waals surface area contributed by atoms with E-state index in [1.165, 1.54) is 0 Å². The molecule has 1 saturated heterocycles. The number of aryl methyl sites for hydroxylation is 1. The average molecular weight is 525 g/mol. The highest BCUT2D eigenvalue weighted by Gasteiger charge is 2.46. The molecule has 1 fully saturated rings. The molecule has 0 radical (unpaired) electrons. The summed E-state index contributed by atoms with van der Waals surface area (Å²) in [6.45, 7) is 9.11. The maximum absolute atomic E-state index is 13.3. The summed E-state index contributed by atoms with van der Waals surface area (Å²) in [5.41, 5.74) is 2.56. The zero-order valence-electron chi connectivity index (χ0n) is 19.7. The van der Waals surface area contributed by atoms with Gasteiger partial charge in [-0.1, -0.05) is 48.0 Å². The molecule has 1 aromatic carbocycles. The van der Waals surface area contributed by atoms with Crippen molar-refractivity contribution in [2.75, 3.05) is 26.2 Å². The molecule has 178 valence electrons. The van der Waals surface area contributed by atoms with Crippen LogP contribution in [0, 0.1) is 6.92 Å². The van der Waals surface area contributed by atoms with E-state index in [1.54, 1.807) is 22.4 Å². The van der Waals surface area contributed by atoms with Crippen LogP contribution in [0.25, 0.3) is 11.4 Å². The van der Waals surface area contributed by atoms with Gasteiger partial charge in [0.1, 0.15) is 11.3 Å². The van der Waals surface area contributed by atoms with Crippen molar-refractivity contribution >= 4 is 39.0 Å². The van der Waals surface area contributed by atoms with Crippen LogP contribution in [0.15, 0.2) is 58.7 Å². The minimum Gasteiger partial charge on any atom is -0.505 e. The maximum Gasteiger partial charge on any atom is 0.295 e. The summed E-state index contributed by atoms with van der Waals surface area (Å²) in [4.78, 5) is 34.9. The molecule has 0 unspecified atom stereocenters. The average Bonchev–Trinajstić information content (AvgIpc) is 3.30. The number of benzene rings is 1. The number of likely N-dealkylation sites (tertiary alicyclic amines) is 1. The number of aromatic nitrogens is 2. The number of halogens is 1. The lowest BCUT2D eigenvalue weighted by Gasteiger charge is -2.26. The summed E-state index contributed by atoms with van der Waals surface area (Å²) < 4.78 is 2.64. The molecule has 1 atom stereocenters. The van der Waals surface area contributed by atoms with Crippen molar-refractivity contribution in [3.8, 4) is 0 Å². The molecule has 0 spiro atoms. The van der Waals surface area contributed by atoms with E-state index >= 15 is 0 Å². The first-order chi connectivity index (χ1) is 16.4. The van der Waals surface area contributed by atoms with Gasteiger partial charge in [-0.15, -0.1) is 0 Å². The fraction of sp³-hybridized carbons (Fsp3) is 0.346. The Morgan fingerprint density at radius 1 is 1.12 bits per heavy atom. The molecule has 4 rings (SSSR count). The predicted molar refractivity (Wildman–Crippen MR) is 135 cm³/mol. The van der Waals surface area contributed by atoms with E-state index in [0.717, 1.165) is 36.1 Å². The molecule has 8 heteroatoms. The van der Waals surface area contributed by atoms with Crippen LogP contribution in [0.1, 0.15) is 43.3 Å². The first-order valence-electron chi connectivity index (χ1n) is 11.6. The highest BCUT2D eigenvalue weighted by molar-refractivity contribution is 9.10. The van der Waals surface area contributed by atoms with Crippen LogP contribution in [0.5, 0.6) is 0 Å². The van der Waals surface area contributed by atoms with Gasteiger partial charge in [-0.05, 0) is 62.8 Å². The van der Waals surface area contributed by atoms with Crippen molar-refractivity contribution in [3.63, 3.8) is 0 Å². The summed E-state index contributed by atoms with van der Waals surface area (Å²) in [6, 6.07) is 12.4. The van der Waals surface area contributed by atoms with Gasteiger partial charge in [0, 0.05) is 17.2 Å². The van der Waals surface area contributed by atoms with E-state index in [2.05, 4.69) is 39.7 Å². The first-order valence-corrected chi connectivity index (χ1v) is 12.4. The van der Waals surface area contributed by atoms with Crippen molar-refractivity contribution in [1.29, 1.82) is 0 Å². The molecule has 1 N–H and O–H groups in total. The van der Waals surface area contributed by atoms with Gasteiger partial charge in [0.2, 0.25) is 0 Å². The minimum atomic E-state index is -0.668. The Labute approximate surface area is 207 Å². The molecule has 0 bridgehead atoms. The standard InChI is InChI=1S/C26H29BrN4O3/c1-4-29(5-2)14-8-16-31-23(18-10-12-19(27)13-11-18)21(25(33)26(31)34)24(32)22-17(3)28-20-9-6-7-15-30(20)22/h6-7,9-13,15,23,32H,4-5,8,14,16H2,1-3H3/t23-/m1/s1. The molecule has 7 nitrogen and oxygen atoms in total. The van der Waals surface area contributed by atoms with Crippen LogP contribution < -0.4 is 0 Å². The van der Waals surface area contributed by atoms with E-state index in [4.69, 9.17) is 0 Å². The fourth-order valence-corrected chi connectivity index (χ4v) is 4.90. The zero-order valence-corrected chi connectivity index (χ0v) is 21.2. The van der Waals surface area contributed by atoms with E-state index in [-0.39, 0.29) is 11.3 Å². The van der Waals surface area contributed by atoms with Crippen LogP contribution in [-0.2, 0) is 9.59 Å². The van der Waals surface area contributed by atoms with Crippen LogP contribution in [0.3, 0.4) is 0 Å². The number of rotatable bonds is 8. The van der Waals surface area contributed by atoms with Gasteiger partial charge >= 0.3 is 0 Å². The summed E-state index contributed by atoms with van der Waals surface area (Å²) in [5.74, 6) is -1.45. The second-order valence-corrected chi connectivity index (χ2v) is 9.31. The van der Waals surface area contributed by atoms with Gasteiger partial charge in [0.25, 0.3) is 11.7 Å². The van der Waals surface area contributed by atoms with E-state index in [0.29, 0.717) is 23.6 Å². The smallest absolute Gasteiger partial charge is 0.295 e. The molecule has 1 amide bonds. The quantitative estimate of drug-likeness (QED) is 0.265. The summed E-state index contributed by atoms with van der Waals surface area (Å²) >= 11 is 3.45. The van der Waals surface area contributed by atoms with Crippen LogP contribution in [-0.4, -0.2) is 62.2 Å². The molecule has 1 aliphatic rings. The predicted octanol–water partition coefficient (Wildman–Crippen LogP) is 4.56. The Morgan fingerprint density at radius 2 is 1.82 bits per heavy atom. The first kappa shape index (κ1) is 24.2. The zero-order chi connectivity index (χ0) is 24.4. The molecule has 2 aromatic heterocycles. The Bertz CT molecular complexity index is 1240. The van der Waals surface area contributed by atoms with Gasteiger partial charge in [-0.2, -0.15) is 0 Å². The van der Waals surface area contributed by atoms with Crippen LogP contribution >= 0.6 is 15.9 Å². The summed E-state index contributed by atoms with van der Waals surface area (Å²) in [7, 11) is 0. The number of ketones is 1. The molecule has 3 heterocycles. The largest absolute Gasteiger partial charge is 0.505 e. The summed E-state index contributed by atoms with van der Waals surface area (Å²) in [6.07, 6.45) is 2.52. The number of carbonyl (C=O) groups excluding carboxylic acids is 2. The number of aliphatic hydroxyl groups is 1. The minimum absolute atomic E-state index is 0.101. The van der Waals surface area contributed by atoms with Crippen molar-refractivity contribution in [1.82, 2.24) is 19.2 Å². The Balaban J connectivity index is 1.81. The van der Waals surface area contributed by atoms with Gasteiger partial charge in [-0.3, -0.25) is 14.0 Å².